The Kier molecular flexibility index (Phi) is 4.15. The van der Waals surface area contributed by atoms with Crippen LogP contribution in [0.1, 0.15) is 27.4 Å². The van der Waals surface area contributed by atoms with E-state index in [2.05, 4.69) is 5.32 Å². The Morgan fingerprint density at radius 1 is 1.20 bits per heavy atom. The summed E-state index contributed by atoms with van der Waals surface area (Å²) in [6, 6.07) is 10.7. The van der Waals surface area contributed by atoms with Crippen molar-refractivity contribution < 1.29 is 14.0 Å². The summed E-state index contributed by atoms with van der Waals surface area (Å²) in [6.07, 6.45) is 2.08. The Morgan fingerprint density at radius 3 is 2.60 bits per heavy atom. The molecular formula is C16H15NO3. The van der Waals surface area contributed by atoms with Crippen molar-refractivity contribution in [2.45, 2.75) is 13.8 Å². The highest BCUT2D eigenvalue weighted by atomic mass is 16.3. The second-order valence-electron chi connectivity index (χ2n) is 4.49. The molecule has 1 aromatic heterocycles. The second-order valence-corrected chi connectivity index (χ2v) is 4.49. The van der Waals surface area contributed by atoms with Crippen molar-refractivity contribution >= 4 is 18.3 Å². The summed E-state index contributed by atoms with van der Waals surface area (Å²) in [5.41, 5.74) is 1.65. The second kappa shape index (κ2) is 6.02. The van der Waals surface area contributed by atoms with Gasteiger partial charge in [0.1, 0.15) is 11.5 Å². The molecule has 0 saturated carbocycles. The van der Waals surface area contributed by atoms with Crippen LogP contribution in [-0.4, -0.2) is 12.2 Å². The maximum absolute atomic E-state index is 12.0. The minimum Gasteiger partial charge on any atom is -0.462 e. The molecule has 0 unspecified atom stereocenters. The minimum atomic E-state index is -0.324. The first-order chi connectivity index (χ1) is 9.58. The van der Waals surface area contributed by atoms with Crippen molar-refractivity contribution in [1.29, 1.82) is 0 Å². The Morgan fingerprint density at radius 2 is 2.00 bits per heavy atom. The van der Waals surface area contributed by atoms with Gasteiger partial charge in [0.25, 0.3) is 5.91 Å². The third-order valence-corrected chi connectivity index (χ3v) is 2.72. The smallest absolute Gasteiger partial charge is 0.255 e. The number of hydrogen-bond donors (Lipinski definition) is 1. The molecule has 0 aliphatic carbocycles. The summed E-state index contributed by atoms with van der Waals surface area (Å²) in [7, 11) is 0. The van der Waals surface area contributed by atoms with E-state index in [0.717, 1.165) is 11.3 Å². The molecule has 1 heterocycles. The van der Waals surface area contributed by atoms with E-state index in [1.165, 1.54) is 6.08 Å². The molecule has 4 nitrogen and oxygen atoms in total. The van der Waals surface area contributed by atoms with Crippen molar-refractivity contribution in [2.24, 2.45) is 0 Å². The molecule has 0 fully saturated rings. The maximum atomic E-state index is 12.0. The lowest BCUT2D eigenvalue weighted by Gasteiger charge is -2.04. The van der Waals surface area contributed by atoms with Gasteiger partial charge >= 0.3 is 0 Å². The molecule has 0 radical (unpaired) electrons. The van der Waals surface area contributed by atoms with Crippen molar-refractivity contribution in [3.05, 3.63) is 64.7 Å². The normalized spacial score (nSPS) is 11.2. The van der Waals surface area contributed by atoms with E-state index in [0.29, 0.717) is 17.6 Å². The topological polar surface area (TPSA) is 59.3 Å². The van der Waals surface area contributed by atoms with Gasteiger partial charge in [-0.05, 0) is 38.1 Å². The highest BCUT2D eigenvalue weighted by molar-refractivity contribution is 5.99. The molecule has 0 atom stereocenters. The summed E-state index contributed by atoms with van der Waals surface area (Å²) >= 11 is 0. The number of carbonyl (C=O) groups excluding carboxylic acids is 2. The van der Waals surface area contributed by atoms with Crippen molar-refractivity contribution in [1.82, 2.24) is 5.32 Å². The van der Waals surface area contributed by atoms with Crippen molar-refractivity contribution in [3.63, 3.8) is 0 Å². The third kappa shape index (κ3) is 3.45. The molecule has 0 saturated heterocycles. The maximum Gasteiger partial charge on any atom is 0.255 e. The number of aryl methyl sites for hydroxylation is 2. The van der Waals surface area contributed by atoms with E-state index < -0.39 is 0 Å². The monoisotopic (exact) mass is 269 g/mol. The fourth-order valence-corrected chi connectivity index (χ4v) is 1.77. The number of furan rings is 1. The van der Waals surface area contributed by atoms with Gasteiger partial charge in [-0.15, -0.1) is 0 Å². The van der Waals surface area contributed by atoms with Crippen LogP contribution < -0.4 is 5.32 Å². The lowest BCUT2D eigenvalue weighted by molar-refractivity contribution is -0.105. The molecule has 0 spiro atoms. The largest absolute Gasteiger partial charge is 0.462 e. The SMILES string of the molecule is Cc1cccc(C(=O)N/C(C=O)=C\c2ccc(C)o2)c1. The number of aldehydes is 1. The zero-order chi connectivity index (χ0) is 14.5. The zero-order valence-electron chi connectivity index (χ0n) is 11.3. The fraction of sp³-hybridized carbons (Fsp3) is 0.125. The van der Waals surface area contributed by atoms with Crippen LogP contribution in [0, 0.1) is 13.8 Å². The van der Waals surface area contributed by atoms with Crippen molar-refractivity contribution in [2.75, 3.05) is 0 Å². The molecule has 4 heteroatoms. The van der Waals surface area contributed by atoms with E-state index in [1.807, 2.05) is 19.9 Å². The van der Waals surface area contributed by atoms with E-state index in [-0.39, 0.29) is 11.6 Å². The average Bonchev–Trinajstić information content (AvgIpc) is 2.83. The average molecular weight is 269 g/mol. The molecule has 0 bridgehead atoms. The van der Waals surface area contributed by atoms with Gasteiger partial charge in [-0.2, -0.15) is 0 Å². The first kappa shape index (κ1) is 13.8. The van der Waals surface area contributed by atoms with Gasteiger partial charge in [0, 0.05) is 11.6 Å². The van der Waals surface area contributed by atoms with E-state index in [9.17, 15) is 9.59 Å². The molecule has 2 rings (SSSR count). The fourth-order valence-electron chi connectivity index (χ4n) is 1.77. The predicted molar refractivity (Wildman–Crippen MR) is 76.1 cm³/mol. The van der Waals surface area contributed by atoms with Crippen LogP contribution >= 0.6 is 0 Å². The Balaban J connectivity index is 2.16. The van der Waals surface area contributed by atoms with Gasteiger partial charge in [0.05, 0.1) is 5.70 Å². The minimum absolute atomic E-state index is 0.158. The molecule has 1 amide bonds. The first-order valence-corrected chi connectivity index (χ1v) is 6.20. The number of allylic oxidation sites excluding steroid dienone is 1. The van der Waals surface area contributed by atoms with Gasteiger partial charge in [-0.3, -0.25) is 9.59 Å². The first-order valence-electron chi connectivity index (χ1n) is 6.20. The number of carbonyl (C=O) groups is 2. The lowest BCUT2D eigenvalue weighted by atomic mass is 10.1. The molecule has 20 heavy (non-hydrogen) atoms. The number of nitrogens with one attached hydrogen (secondary N) is 1. The van der Waals surface area contributed by atoms with Crippen LogP contribution in [0.15, 0.2) is 46.5 Å². The molecule has 102 valence electrons. The highest BCUT2D eigenvalue weighted by Crippen LogP contribution is 2.10. The van der Waals surface area contributed by atoms with E-state index >= 15 is 0 Å². The molecular weight excluding hydrogens is 254 g/mol. The van der Waals surface area contributed by atoms with Crippen LogP contribution in [0.2, 0.25) is 0 Å². The van der Waals surface area contributed by atoms with Crippen LogP contribution in [0.25, 0.3) is 6.08 Å². The Labute approximate surface area is 117 Å². The number of hydrogen-bond acceptors (Lipinski definition) is 3. The van der Waals surface area contributed by atoms with Gasteiger partial charge in [0.15, 0.2) is 6.29 Å². The summed E-state index contributed by atoms with van der Waals surface area (Å²) in [6.45, 7) is 3.71. The standard InChI is InChI=1S/C16H15NO3/c1-11-4-3-5-13(8-11)16(19)17-14(10-18)9-15-7-6-12(2)20-15/h3-10H,1-2H3,(H,17,19)/b14-9-. The third-order valence-electron chi connectivity index (χ3n) is 2.72. The highest BCUT2D eigenvalue weighted by Gasteiger charge is 2.08. The summed E-state index contributed by atoms with van der Waals surface area (Å²) in [4.78, 5) is 23.0. The summed E-state index contributed by atoms with van der Waals surface area (Å²) in [5.74, 6) is 0.941. The quantitative estimate of drug-likeness (QED) is 0.685. The summed E-state index contributed by atoms with van der Waals surface area (Å²) < 4.78 is 5.34. The molecule has 1 aromatic carbocycles. The van der Waals surface area contributed by atoms with Crippen LogP contribution in [0.4, 0.5) is 0 Å². The van der Waals surface area contributed by atoms with E-state index in [4.69, 9.17) is 4.42 Å². The number of rotatable bonds is 4. The summed E-state index contributed by atoms with van der Waals surface area (Å²) in [5, 5.41) is 2.56. The number of amides is 1. The molecule has 0 aliphatic rings. The van der Waals surface area contributed by atoms with Gasteiger partial charge in [-0.1, -0.05) is 17.7 Å². The predicted octanol–water partition coefficient (Wildman–Crippen LogP) is 2.87. The van der Waals surface area contributed by atoms with Crippen LogP contribution in [-0.2, 0) is 4.79 Å². The number of benzene rings is 1. The van der Waals surface area contributed by atoms with Gasteiger partial charge in [-0.25, -0.2) is 0 Å². The van der Waals surface area contributed by atoms with E-state index in [1.54, 1.807) is 30.3 Å². The molecule has 0 aliphatic heterocycles. The van der Waals surface area contributed by atoms with Crippen LogP contribution in [0.5, 0.6) is 0 Å². The van der Waals surface area contributed by atoms with Crippen molar-refractivity contribution in [3.8, 4) is 0 Å². The lowest BCUT2D eigenvalue weighted by Crippen LogP contribution is -2.23. The molecule has 2 aromatic rings. The Bertz CT molecular complexity index is 668. The zero-order valence-corrected chi connectivity index (χ0v) is 11.3. The van der Waals surface area contributed by atoms with Crippen LogP contribution in [0.3, 0.4) is 0 Å². The van der Waals surface area contributed by atoms with Gasteiger partial charge < -0.3 is 9.73 Å². The Hall–Kier alpha value is -2.62. The van der Waals surface area contributed by atoms with Gasteiger partial charge in [0.2, 0.25) is 0 Å². The molecule has 1 N–H and O–H groups in total.